The van der Waals surface area contributed by atoms with Gasteiger partial charge in [0.1, 0.15) is 5.82 Å². The molecule has 0 saturated heterocycles. The molecule has 0 amide bonds. The third kappa shape index (κ3) is 2.57. The van der Waals surface area contributed by atoms with E-state index < -0.39 is 5.82 Å². The van der Waals surface area contributed by atoms with Crippen LogP contribution in [0.1, 0.15) is 5.56 Å². The molecule has 4 heteroatoms. The molecule has 0 atom stereocenters. The molecule has 0 spiro atoms. The summed E-state index contributed by atoms with van der Waals surface area (Å²) in [5.74, 6) is -0.446. The average Bonchev–Trinajstić information content (AvgIpc) is 2.10. The molecule has 1 aromatic rings. The monoisotopic (exact) mass is 202 g/mol. The van der Waals surface area contributed by atoms with E-state index in [9.17, 15) is 4.39 Å². The molecule has 0 aliphatic carbocycles. The lowest BCUT2D eigenvalue weighted by atomic mass is 10.1. The third-order valence-electron chi connectivity index (χ3n) is 1.80. The zero-order valence-electron chi connectivity index (χ0n) is 7.40. The fourth-order valence-electron chi connectivity index (χ4n) is 1.05. The van der Waals surface area contributed by atoms with Crippen LogP contribution in [0.5, 0.6) is 0 Å². The second kappa shape index (κ2) is 4.44. The van der Waals surface area contributed by atoms with Crippen LogP contribution in [0.4, 0.5) is 10.1 Å². The van der Waals surface area contributed by atoms with Crippen LogP contribution in [0.3, 0.4) is 0 Å². The van der Waals surface area contributed by atoms with Crippen molar-refractivity contribution < 1.29 is 4.39 Å². The molecule has 3 N–H and O–H groups in total. The lowest BCUT2D eigenvalue weighted by Crippen LogP contribution is -2.10. The number of nitrogens with one attached hydrogen (secondary N) is 1. The summed E-state index contributed by atoms with van der Waals surface area (Å²) in [6.45, 7) is 0.791. The van der Waals surface area contributed by atoms with Crippen molar-refractivity contribution in [3.8, 4) is 0 Å². The highest BCUT2D eigenvalue weighted by Gasteiger charge is 2.05. The van der Waals surface area contributed by atoms with E-state index >= 15 is 0 Å². The molecule has 0 bridgehead atoms. The minimum Gasteiger partial charge on any atom is -0.395 e. The van der Waals surface area contributed by atoms with Crippen molar-refractivity contribution in [2.45, 2.75) is 6.42 Å². The quantitative estimate of drug-likeness (QED) is 0.734. The number of likely N-dealkylation sites (N-methyl/N-ethyl adjacent to an activating group) is 1. The number of nitrogen functional groups attached to an aromatic ring is 1. The van der Waals surface area contributed by atoms with Crippen LogP contribution in [0, 0.1) is 5.82 Å². The summed E-state index contributed by atoms with van der Waals surface area (Å²) in [5.41, 5.74) is 6.23. The SMILES string of the molecule is CNCCc1cc(F)c(N)c(Cl)c1. The smallest absolute Gasteiger partial charge is 0.147 e. The van der Waals surface area contributed by atoms with Gasteiger partial charge in [0.05, 0.1) is 10.7 Å². The van der Waals surface area contributed by atoms with Gasteiger partial charge in [-0.3, -0.25) is 0 Å². The van der Waals surface area contributed by atoms with Gasteiger partial charge in [-0.1, -0.05) is 11.6 Å². The molecule has 0 aliphatic rings. The van der Waals surface area contributed by atoms with Gasteiger partial charge in [-0.25, -0.2) is 4.39 Å². The summed E-state index contributed by atoms with van der Waals surface area (Å²) in [7, 11) is 1.84. The van der Waals surface area contributed by atoms with E-state index in [1.807, 2.05) is 7.05 Å². The van der Waals surface area contributed by atoms with Gasteiger partial charge in [0.25, 0.3) is 0 Å². The second-order valence-corrected chi connectivity index (χ2v) is 3.23. The molecule has 1 aromatic carbocycles. The molecule has 0 heterocycles. The van der Waals surface area contributed by atoms with Crippen LogP contribution >= 0.6 is 11.6 Å². The fourth-order valence-corrected chi connectivity index (χ4v) is 1.28. The third-order valence-corrected chi connectivity index (χ3v) is 2.12. The summed E-state index contributed by atoms with van der Waals surface area (Å²) in [6, 6.07) is 3.11. The molecular formula is C9H12ClFN2. The Morgan fingerprint density at radius 2 is 2.23 bits per heavy atom. The van der Waals surface area contributed by atoms with Crippen LogP contribution in [0.25, 0.3) is 0 Å². The van der Waals surface area contributed by atoms with Gasteiger partial charge >= 0.3 is 0 Å². The van der Waals surface area contributed by atoms with Crippen LogP contribution in [-0.2, 0) is 6.42 Å². The van der Waals surface area contributed by atoms with E-state index in [-0.39, 0.29) is 10.7 Å². The molecule has 0 unspecified atom stereocenters. The lowest BCUT2D eigenvalue weighted by molar-refractivity contribution is 0.629. The predicted octanol–water partition coefficient (Wildman–Crippen LogP) is 1.82. The summed E-state index contributed by atoms with van der Waals surface area (Å²) in [6.07, 6.45) is 0.743. The first kappa shape index (κ1) is 10.3. The Bertz CT molecular complexity index is 279. The first-order chi connectivity index (χ1) is 6.15. The molecule has 0 fully saturated rings. The average molecular weight is 203 g/mol. The molecule has 13 heavy (non-hydrogen) atoms. The second-order valence-electron chi connectivity index (χ2n) is 2.83. The molecular weight excluding hydrogens is 191 g/mol. The first-order valence-electron chi connectivity index (χ1n) is 4.03. The highest BCUT2D eigenvalue weighted by Crippen LogP contribution is 2.23. The Kier molecular flexibility index (Phi) is 3.51. The van der Waals surface area contributed by atoms with Gasteiger partial charge in [0.2, 0.25) is 0 Å². The van der Waals surface area contributed by atoms with Gasteiger partial charge in [-0.2, -0.15) is 0 Å². The summed E-state index contributed by atoms with van der Waals surface area (Å²) in [5, 5.41) is 3.26. The normalized spacial score (nSPS) is 10.4. The molecule has 0 aliphatic heterocycles. The largest absolute Gasteiger partial charge is 0.395 e. The summed E-state index contributed by atoms with van der Waals surface area (Å²) in [4.78, 5) is 0. The van der Waals surface area contributed by atoms with Crippen molar-refractivity contribution in [3.05, 3.63) is 28.5 Å². The Labute approximate surface area is 81.9 Å². The number of benzene rings is 1. The van der Waals surface area contributed by atoms with Crippen molar-refractivity contribution in [3.63, 3.8) is 0 Å². The van der Waals surface area contributed by atoms with Crippen LogP contribution in [-0.4, -0.2) is 13.6 Å². The number of hydrogen-bond donors (Lipinski definition) is 2. The van der Waals surface area contributed by atoms with Crippen LogP contribution in [0.15, 0.2) is 12.1 Å². The van der Waals surface area contributed by atoms with Crippen molar-refractivity contribution in [1.82, 2.24) is 5.32 Å². The van der Waals surface area contributed by atoms with E-state index in [0.29, 0.717) is 0 Å². The van der Waals surface area contributed by atoms with Crippen LogP contribution < -0.4 is 11.1 Å². The zero-order valence-corrected chi connectivity index (χ0v) is 8.16. The van der Waals surface area contributed by atoms with E-state index in [1.54, 1.807) is 6.07 Å². The maximum Gasteiger partial charge on any atom is 0.147 e. The fraction of sp³-hybridized carbons (Fsp3) is 0.333. The molecule has 0 saturated carbocycles. The first-order valence-corrected chi connectivity index (χ1v) is 4.41. The molecule has 72 valence electrons. The number of anilines is 1. The van der Waals surface area contributed by atoms with Gasteiger partial charge in [0, 0.05) is 0 Å². The van der Waals surface area contributed by atoms with Gasteiger partial charge < -0.3 is 11.1 Å². The van der Waals surface area contributed by atoms with Gasteiger partial charge in [-0.15, -0.1) is 0 Å². The Hall–Kier alpha value is -0.800. The van der Waals surface area contributed by atoms with Crippen molar-refractivity contribution in [2.24, 2.45) is 0 Å². The number of rotatable bonds is 3. The maximum atomic E-state index is 13.0. The summed E-state index contributed by atoms with van der Waals surface area (Å²) < 4.78 is 13.0. The molecule has 1 rings (SSSR count). The van der Waals surface area contributed by atoms with Crippen molar-refractivity contribution in [1.29, 1.82) is 0 Å². The number of halogens is 2. The highest BCUT2D eigenvalue weighted by molar-refractivity contribution is 6.33. The van der Waals surface area contributed by atoms with E-state index in [2.05, 4.69) is 5.32 Å². The molecule has 2 nitrogen and oxygen atoms in total. The molecule has 0 aromatic heterocycles. The van der Waals surface area contributed by atoms with Crippen LogP contribution in [0.2, 0.25) is 5.02 Å². The van der Waals surface area contributed by atoms with Crippen molar-refractivity contribution >= 4 is 17.3 Å². The van der Waals surface area contributed by atoms with E-state index in [1.165, 1.54) is 6.07 Å². The van der Waals surface area contributed by atoms with Gasteiger partial charge in [0.15, 0.2) is 0 Å². The van der Waals surface area contributed by atoms with Gasteiger partial charge in [-0.05, 0) is 37.7 Å². The standard InChI is InChI=1S/C9H12ClFN2/c1-13-3-2-6-4-7(10)9(12)8(11)5-6/h4-5,13H,2-3,12H2,1H3. The highest BCUT2D eigenvalue weighted by atomic mass is 35.5. The predicted molar refractivity (Wildman–Crippen MR) is 53.5 cm³/mol. The van der Waals surface area contributed by atoms with E-state index in [4.69, 9.17) is 17.3 Å². The minimum atomic E-state index is -0.446. The number of nitrogens with two attached hydrogens (primary N) is 1. The lowest BCUT2D eigenvalue weighted by Gasteiger charge is -2.04. The molecule has 0 radical (unpaired) electrons. The Morgan fingerprint density at radius 3 is 2.77 bits per heavy atom. The Morgan fingerprint density at radius 1 is 1.54 bits per heavy atom. The summed E-state index contributed by atoms with van der Waals surface area (Å²) >= 11 is 5.71. The maximum absolute atomic E-state index is 13.0. The Balaban J connectivity index is 2.86. The number of hydrogen-bond acceptors (Lipinski definition) is 2. The van der Waals surface area contributed by atoms with Crippen molar-refractivity contribution in [2.75, 3.05) is 19.3 Å². The zero-order chi connectivity index (χ0) is 9.84. The topological polar surface area (TPSA) is 38.0 Å². The van der Waals surface area contributed by atoms with E-state index in [0.717, 1.165) is 18.5 Å². The minimum absolute atomic E-state index is 0.0230.